The van der Waals surface area contributed by atoms with Gasteiger partial charge >= 0.3 is 0 Å². The molecule has 0 radical (unpaired) electrons. The molecule has 4 nitrogen and oxygen atoms in total. The van der Waals surface area contributed by atoms with E-state index in [0.717, 1.165) is 18.7 Å². The molecule has 0 spiro atoms. The fraction of sp³-hybridized carbons (Fsp3) is 0.562. The van der Waals surface area contributed by atoms with E-state index in [0.29, 0.717) is 37.0 Å². The van der Waals surface area contributed by atoms with Gasteiger partial charge in [0, 0.05) is 13.1 Å². The molecule has 1 aromatic rings. The lowest BCUT2D eigenvalue weighted by Gasteiger charge is -2.26. The molecule has 0 aromatic heterocycles. The Labute approximate surface area is 120 Å². The molecule has 4 heteroatoms. The van der Waals surface area contributed by atoms with Crippen molar-refractivity contribution in [3.05, 3.63) is 29.3 Å². The van der Waals surface area contributed by atoms with Crippen LogP contribution in [-0.2, 0) is 4.74 Å². The van der Waals surface area contributed by atoms with Gasteiger partial charge in [0.05, 0.1) is 32.4 Å². The molecule has 1 fully saturated rings. The molecular formula is C16H23NO3. The summed E-state index contributed by atoms with van der Waals surface area (Å²) in [4.78, 5) is 14.6. The smallest absolute Gasteiger partial charge is 0.180 e. The lowest BCUT2D eigenvalue weighted by Crippen LogP contribution is -2.39. The summed E-state index contributed by atoms with van der Waals surface area (Å²) in [7, 11) is 1.61. The first kappa shape index (κ1) is 15.0. The van der Waals surface area contributed by atoms with E-state index in [1.807, 2.05) is 18.2 Å². The Hall–Kier alpha value is -1.39. The van der Waals surface area contributed by atoms with E-state index < -0.39 is 0 Å². The van der Waals surface area contributed by atoms with Gasteiger partial charge in [-0.3, -0.25) is 9.69 Å². The number of hydrogen-bond acceptors (Lipinski definition) is 4. The highest BCUT2D eigenvalue weighted by molar-refractivity contribution is 6.00. The summed E-state index contributed by atoms with van der Waals surface area (Å²) in [5.41, 5.74) is 1.85. The zero-order chi connectivity index (χ0) is 14.5. The Kier molecular flexibility index (Phi) is 5.15. The quantitative estimate of drug-likeness (QED) is 0.774. The summed E-state index contributed by atoms with van der Waals surface area (Å²) in [5, 5.41) is 0. The van der Waals surface area contributed by atoms with Gasteiger partial charge in [-0.1, -0.05) is 19.9 Å². The number of benzene rings is 1. The molecule has 20 heavy (non-hydrogen) atoms. The van der Waals surface area contributed by atoms with Crippen LogP contribution >= 0.6 is 0 Å². The maximum absolute atomic E-state index is 12.5. The maximum Gasteiger partial charge on any atom is 0.180 e. The summed E-state index contributed by atoms with van der Waals surface area (Å²) >= 11 is 0. The van der Waals surface area contributed by atoms with Crippen LogP contribution in [0.3, 0.4) is 0 Å². The maximum atomic E-state index is 12.5. The Morgan fingerprint density at radius 1 is 1.35 bits per heavy atom. The van der Waals surface area contributed by atoms with Crippen molar-refractivity contribution in [1.82, 2.24) is 4.90 Å². The molecule has 0 saturated carbocycles. The number of hydrogen-bond donors (Lipinski definition) is 0. The second-order valence-corrected chi connectivity index (χ2v) is 5.43. The van der Waals surface area contributed by atoms with E-state index in [1.165, 1.54) is 0 Å². The number of carbonyl (C=O) groups excluding carboxylic acids is 1. The van der Waals surface area contributed by atoms with Crippen LogP contribution in [-0.4, -0.2) is 50.6 Å². The van der Waals surface area contributed by atoms with Crippen LogP contribution in [0, 0.1) is 0 Å². The molecule has 0 bridgehead atoms. The van der Waals surface area contributed by atoms with Crippen molar-refractivity contribution in [3.8, 4) is 5.75 Å². The fourth-order valence-corrected chi connectivity index (χ4v) is 2.35. The normalized spacial score (nSPS) is 16.4. The molecule has 1 heterocycles. The van der Waals surface area contributed by atoms with E-state index in [4.69, 9.17) is 9.47 Å². The molecule has 0 atom stereocenters. The molecule has 0 unspecified atom stereocenters. The number of rotatable bonds is 5. The SMILES string of the molecule is COc1ccc(C(C)C)cc1C(=O)CN1CCOCC1. The summed E-state index contributed by atoms with van der Waals surface area (Å²) in [6.45, 7) is 7.72. The molecule has 1 aliphatic rings. The lowest BCUT2D eigenvalue weighted by atomic mass is 9.98. The molecule has 1 aliphatic heterocycles. The van der Waals surface area contributed by atoms with Gasteiger partial charge in [0.15, 0.2) is 5.78 Å². The third-order valence-corrected chi connectivity index (χ3v) is 3.66. The number of carbonyl (C=O) groups is 1. The lowest BCUT2D eigenvalue weighted by molar-refractivity contribution is 0.0370. The van der Waals surface area contributed by atoms with Gasteiger partial charge in [-0.05, 0) is 23.6 Å². The standard InChI is InChI=1S/C16H23NO3/c1-12(2)13-4-5-16(19-3)14(10-13)15(18)11-17-6-8-20-9-7-17/h4-5,10,12H,6-9,11H2,1-3H3. The highest BCUT2D eigenvalue weighted by Gasteiger charge is 2.19. The Morgan fingerprint density at radius 3 is 2.65 bits per heavy atom. The van der Waals surface area contributed by atoms with E-state index in [-0.39, 0.29) is 5.78 Å². The molecular weight excluding hydrogens is 254 g/mol. The molecule has 0 aliphatic carbocycles. The molecule has 1 saturated heterocycles. The third-order valence-electron chi connectivity index (χ3n) is 3.66. The van der Waals surface area contributed by atoms with Gasteiger partial charge in [0.25, 0.3) is 0 Å². The van der Waals surface area contributed by atoms with Gasteiger partial charge in [0.2, 0.25) is 0 Å². The van der Waals surface area contributed by atoms with Crippen molar-refractivity contribution in [2.45, 2.75) is 19.8 Å². The van der Waals surface area contributed by atoms with E-state index in [2.05, 4.69) is 18.7 Å². The van der Waals surface area contributed by atoms with Crippen LogP contribution < -0.4 is 4.74 Å². The minimum Gasteiger partial charge on any atom is -0.496 e. The monoisotopic (exact) mass is 277 g/mol. The average Bonchev–Trinajstić information content (AvgIpc) is 2.47. The zero-order valence-corrected chi connectivity index (χ0v) is 12.5. The number of Topliss-reactive ketones (excluding diaryl/α,β-unsaturated/α-hetero) is 1. The minimum absolute atomic E-state index is 0.117. The number of ether oxygens (including phenoxy) is 2. The van der Waals surface area contributed by atoms with Gasteiger partial charge < -0.3 is 9.47 Å². The van der Waals surface area contributed by atoms with Gasteiger partial charge in [-0.25, -0.2) is 0 Å². The van der Waals surface area contributed by atoms with E-state index >= 15 is 0 Å². The second-order valence-electron chi connectivity index (χ2n) is 5.43. The second kappa shape index (κ2) is 6.86. The molecule has 0 amide bonds. The summed E-state index contributed by atoms with van der Waals surface area (Å²) in [6, 6.07) is 5.88. The third kappa shape index (κ3) is 3.58. The molecule has 2 rings (SSSR count). The highest BCUT2D eigenvalue weighted by Crippen LogP contribution is 2.24. The molecule has 110 valence electrons. The Morgan fingerprint density at radius 2 is 2.05 bits per heavy atom. The van der Waals surface area contributed by atoms with Crippen molar-refractivity contribution in [2.24, 2.45) is 0 Å². The minimum atomic E-state index is 0.117. The Bertz CT molecular complexity index is 465. The van der Waals surface area contributed by atoms with Crippen LogP contribution in [0.1, 0.15) is 35.7 Å². The Balaban J connectivity index is 2.16. The predicted molar refractivity (Wildman–Crippen MR) is 78.7 cm³/mol. The van der Waals surface area contributed by atoms with Crippen LogP contribution in [0.25, 0.3) is 0 Å². The van der Waals surface area contributed by atoms with Crippen molar-refractivity contribution in [1.29, 1.82) is 0 Å². The van der Waals surface area contributed by atoms with Crippen molar-refractivity contribution in [2.75, 3.05) is 40.0 Å². The molecule has 0 N–H and O–H groups in total. The van der Waals surface area contributed by atoms with Gasteiger partial charge in [0.1, 0.15) is 5.75 Å². The first-order valence-electron chi connectivity index (χ1n) is 7.13. The van der Waals surface area contributed by atoms with Crippen molar-refractivity contribution in [3.63, 3.8) is 0 Å². The van der Waals surface area contributed by atoms with Gasteiger partial charge in [-0.15, -0.1) is 0 Å². The van der Waals surface area contributed by atoms with Crippen LogP contribution in [0.2, 0.25) is 0 Å². The van der Waals surface area contributed by atoms with Crippen molar-refractivity contribution < 1.29 is 14.3 Å². The highest BCUT2D eigenvalue weighted by atomic mass is 16.5. The first-order chi connectivity index (χ1) is 9.61. The number of methoxy groups -OCH3 is 1. The van der Waals surface area contributed by atoms with E-state index in [1.54, 1.807) is 7.11 Å². The number of ketones is 1. The average molecular weight is 277 g/mol. The summed E-state index contributed by atoms with van der Waals surface area (Å²) in [5.74, 6) is 1.18. The van der Waals surface area contributed by atoms with E-state index in [9.17, 15) is 4.79 Å². The van der Waals surface area contributed by atoms with Crippen LogP contribution in [0.5, 0.6) is 5.75 Å². The fourth-order valence-electron chi connectivity index (χ4n) is 2.35. The summed E-state index contributed by atoms with van der Waals surface area (Å²) in [6.07, 6.45) is 0. The predicted octanol–water partition coefficient (Wildman–Crippen LogP) is 2.33. The topological polar surface area (TPSA) is 38.8 Å². The first-order valence-corrected chi connectivity index (χ1v) is 7.13. The van der Waals surface area contributed by atoms with Crippen LogP contribution in [0.4, 0.5) is 0 Å². The van der Waals surface area contributed by atoms with Crippen LogP contribution in [0.15, 0.2) is 18.2 Å². The zero-order valence-electron chi connectivity index (χ0n) is 12.5. The largest absolute Gasteiger partial charge is 0.496 e. The summed E-state index contributed by atoms with van der Waals surface area (Å²) < 4.78 is 10.6. The number of nitrogens with zero attached hydrogens (tertiary/aromatic N) is 1. The van der Waals surface area contributed by atoms with Gasteiger partial charge in [-0.2, -0.15) is 0 Å². The molecule has 1 aromatic carbocycles. The number of morpholine rings is 1. The van der Waals surface area contributed by atoms with Crippen molar-refractivity contribution >= 4 is 5.78 Å².